The van der Waals surface area contributed by atoms with E-state index in [0.717, 1.165) is 30.7 Å². The number of thiazole rings is 1. The van der Waals surface area contributed by atoms with Crippen LogP contribution < -0.4 is 5.32 Å². The number of aryl methyl sites for hydroxylation is 1. The zero-order valence-electron chi connectivity index (χ0n) is 11.5. The van der Waals surface area contributed by atoms with E-state index in [-0.39, 0.29) is 0 Å². The van der Waals surface area contributed by atoms with Gasteiger partial charge in [-0.25, -0.2) is 4.98 Å². The van der Waals surface area contributed by atoms with Gasteiger partial charge in [-0.1, -0.05) is 13.3 Å². The van der Waals surface area contributed by atoms with E-state index in [2.05, 4.69) is 29.5 Å². The molecule has 1 heterocycles. The van der Waals surface area contributed by atoms with E-state index < -0.39 is 0 Å². The number of fused-ring (bicyclic) bond motifs is 1. The largest absolute Gasteiger partial charge is 0.313 e. The molecule has 3 atom stereocenters. The van der Waals surface area contributed by atoms with Gasteiger partial charge in [0.1, 0.15) is 0 Å². The Hall–Kier alpha value is -0.410. The summed E-state index contributed by atoms with van der Waals surface area (Å²) in [5.41, 5.74) is 1.18. The van der Waals surface area contributed by atoms with Crippen LogP contribution in [0, 0.1) is 24.7 Å². The van der Waals surface area contributed by atoms with Crippen molar-refractivity contribution in [2.75, 3.05) is 6.54 Å². The van der Waals surface area contributed by atoms with Gasteiger partial charge in [0.25, 0.3) is 0 Å². The Morgan fingerprint density at radius 1 is 1.44 bits per heavy atom. The minimum Gasteiger partial charge on any atom is -0.313 e. The smallest absolute Gasteiger partial charge is 0.0943 e. The van der Waals surface area contributed by atoms with Crippen molar-refractivity contribution in [3.05, 3.63) is 16.1 Å². The van der Waals surface area contributed by atoms with Crippen molar-refractivity contribution in [2.45, 2.75) is 52.0 Å². The molecule has 1 aromatic heterocycles. The lowest BCUT2D eigenvalue weighted by atomic mass is 10.0. The molecule has 2 aliphatic rings. The summed E-state index contributed by atoms with van der Waals surface area (Å²) in [4.78, 5) is 4.64. The summed E-state index contributed by atoms with van der Waals surface area (Å²) in [6.45, 7) is 5.51. The third-order valence-corrected chi connectivity index (χ3v) is 5.64. The van der Waals surface area contributed by atoms with Crippen molar-refractivity contribution in [2.24, 2.45) is 17.8 Å². The summed E-state index contributed by atoms with van der Waals surface area (Å²) >= 11 is 1.83. The first-order valence-electron chi connectivity index (χ1n) is 7.44. The van der Waals surface area contributed by atoms with Crippen LogP contribution in [0.2, 0.25) is 0 Å². The van der Waals surface area contributed by atoms with Crippen molar-refractivity contribution in [3.8, 4) is 0 Å². The van der Waals surface area contributed by atoms with Crippen molar-refractivity contribution in [3.63, 3.8) is 0 Å². The first-order valence-corrected chi connectivity index (χ1v) is 8.32. The van der Waals surface area contributed by atoms with Crippen LogP contribution in [0.5, 0.6) is 0 Å². The fourth-order valence-corrected chi connectivity index (χ4v) is 4.66. The lowest BCUT2D eigenvalue weighted by Crippen LogP contribution is -2.35. The van der Waals surface area contributed by atoms with Crippen molar-refractivity contribution < 1.29 is 0 Å². The fraction of sp³-hybridized carbons (Fsp3) is 0.800. The molecule has 100 valence electrons. The molecule has 1 aromatic rings. The second kappa shape index (κ2) is 5.30. The van der Waals surface area contributed by atoms with Crippen LogP contribution >= 0.6 is 11.3 Å². The first kappa shape index (κ1) is 12.6. The molecule has 18 heavy (non-hydrogen) atoms. The number of rotatable bonds is 6. The van der Waals surface area contributed by atoms with E-state index in [0.29, 0.717) is 6.04 Å². The van der Waals surface area contributed by atoms with Crippen molar-refractivity contribution >= 4 is 11.3 Å². The zero-order chi connectivity index (χ0) is 12.5. The zero-order valence-corrected chi connectivity index (χ0v) is 12.3. The topological polar surface area (TPSA) is 24.9 Å². The van der Waals surface area contributed by atoms with Gasteiger partial charge in [0.15, 0.2) is 0 Å². The highest BCUT2D eigenvalue weighted by Gasteiger charge is 2.55. The standard InChI is InChI=1S/C15H24N2S/c1-3-7-16-13(8-14-17-10(2)9-18-14)15-11-5-4-6-12(11)15/h9,11-13,15-16H,3-8H2,1-2H3. The summed E-state index contributed by atoms with van der Waals surface area (Å²) in [6, 6.07) is 0.686. The van der Waals surface area contributed by atoms with E-state index >= 15 is 0 Å². The Bertz CT molecular complexity index is 391. The average Bonchev–Trinajstić information content (AvgIpc) is 2.74. The Labute approximate surface area is 114 Å². The Morgan fingerprint density at radius 3 is 2.83 bits per heavy atom. The van der Waals surface area contributed by atoms with Gasteiger partial charge in [-0.2, -0.15) is 0 Å². The molecule has 2 aliphatic carbocycles. The third kappa shape index (κ3) is 2.48. The molecule has 3 unspecified atom stereocenters. The minimum absolute atomic E-state index is 0.686. The van der Waals surface area contributed by atoms with Crippen LogP contribution in [0.4, 0.5) is 0 Å². The molecule has 0 saturated heterocycles. The van der Waals surface area contributed by atoms with Crippen LogP contribution in [-0.4, -0.2) is 17.6 Å². The highest BCUT2D eigenvalue weighted by Crippen LogP contribution is 2.59. The van der Waals surface area contributed by atoms with Gasteiger partial charge in [-0.3, -0.25) is 0 Å². The van der Waals surface area contributed by atoms with Crippen LogP contribution in [0.25, 0.3) is 0 Å². The molecular weight excluding hydrogens is 240 g/mol. The molecule has 0 aliphatic heterocycles. The van der Waals surface area contributed by atoms with E-state index in [4.69, 9.17) is 0 Å². The van der Waals surface area contributed by atoms with Crippen LogP contribution in [0.3, 0.4) is 0 Å². The molecule has 0 radical (unpaired) electrons. The molecule has 0 aromatic carbocycles. The Balaban J connectivity index is 1.62. The van der Waals surface area contributed by atoms with Gasteiger partial charge >= 0.3 is 0 Å². The van der Waals surface area contributed by atoms with Gasteiger partial charge in [-0.05, 0) is 50.5 Å². The van der Waals surface area contributed by atoms with Gasteiger partial charge in [0.05, 0.1) is 5.01 Å². The lowest BCUT2D eigenvalue weighted by Gasteiger charge is -2.19. The quantitative estimate of drug-likeness (QED) is 0.851. The monoisotopic (exact) mass is 264 g/mol. The van der Waals surface area contributed by atoms with Crippen LogP contribution in [0.1, 0.15) is 43.3 Å². The fourth-order valence-electron chi connectivity index (χ4n) is 3.83. The SMILES string of the molecule is CCCNC(Cc1nc(C)cs1)C1C2CCCC21. The van der Waals surface area contributed by atoms with Gasteiger partial charge in [0, 0.05) is 23.5 Å². The first-order chi connectivity index (χ1) is 8.79. The second-order valence-corrected chi connectivity index (χ2v) is 6.93. The number of nitrogens with zero attached hydrogens (tertiary/aromatic N) is 1. The summed E-state index contributed by atoms with van der Waals surface area (Å²) < 4.78 is 0. The highest BCUT2D eigenvalue weighted by molar-refractivity contribution is 7.09. The maximum Gasteiger partial charge on any atom is 0.0943 e. The second-order valence-electron chi connectivity index (χ2n) is 5.98. The van der Waals surface area contributed by atoms with Crippen LogP contribution in [0.15, 0.2) is 5.38 Å². The van der Waals surface area contributed by atoms with Crippen LogP contribution in [-0.2, 0) is 6.42 Å². The van der Waals surface area contributed by atoms with Crippen molar-refractivity contribution in [1.29, 1.82) is 0 Å². The summed E-state index contributed by atoms with van der Waals surface area (Å²) in [5, 5.41) is 7.29. The molecule has 2 fully saturated rings. The summed E-state index contributed by atoms with van der Waals surface area (Å²) in [6.07, 6.45) is 6.82. The maximum absolute atomic E-state index is 4.64. The molecule has 3 rings (SSSR count). The number of hydrogen-bond donors (Lipinski definition) is 1. The van der Waals surface area contributed by atoms with Gasteiger partial charge in [-0.15, -0.1) is 11.3 Å². The number of aromatic nitrogens is 1. The Morgan fingerprint density at radius 2 is 2.22 bits per heavy atom. The van der Waals surface area contributed by atoms with Gasteiger partial charge < -0.3 is 5.32 Å². The molecule has 2 saturated carbocycles. The molecule has 0 bridgehead atoms. The molecular formula is C15H24N2S. The number of hydrogen-bond acceptors (Lipinski definition) is 3. The molecule has 0 amide bonds. The molecule has 3 heteroatoms. The molecule has 2 nitrogen and oxygen atoms in total. The highest BCUT2D eigenvalue weighted by atomic mass is 32.1. The van der Waals surface area contributed by atoms with E-state index in [1.165, 1.54) is 36.4 Å². The lowest BCUT2D eigenvalue weighted by molar-refractivity contribution is 0.403. The molecule has 1 N–H and O–H groups in total. The normalized spacial score (nSPS) is 31.3. The predicted octanol–water partition coefficient (Wildman–Crippen LogP) is 3.41. The van der Waals surface area contributed by atoms with Gasteiger partial charge in [0.2, 0.25) is 0 Å². The average molecular weight is 264 g/mol. The predicted molar refractivity (Wildman–Crippen MR) is 77.0 cm³/mol. The van der Waals surface area contributed by atoms with E-state index in [9.17, 15) is 0 Å². The Kier molecular flexibility index (Phi) is 3.71. The van der Waals surface area contributed by atoms with E-state index in [1.54, 1.807) is 0 Å². The third-order valence-electron chi connectivity index (χ3n) is 4.65. The van der Waals surface area contributed by atoms with E-state index in [1.807, 2.05) is 11.3 Å². The number of nitrogens with one attached hydrogen (secondary N) is 1. The summed E-state index contributed by atoms with van der Waals surface area (Å²) in [7, 11) is 0. The summed E-state index contributed by atoms with van der Waals surface area (Å²) in [5.74, 6) is 3.04. The maximum atomic E-state index is 4.64. The van der Waals surface area contributed by atoms with Crippen molar-refractivity contribution in [1.82, 2.24) is 10.3 Å². The minimum atomic E-state index is 0.686. The molecule has 0 spiro atoms.